The van der Waals surface area contributed by atoms with E-state index in [4.69, 9.17) is 4.74 Å². The minimum atomic E-state index is 0.148. The average Bonchev–Trinajstić information content (AvgIpc) is 2.15. The van der Waals surface area contributed by atoms with Gasteiger partial charge >= 0.3 is 0 Å². The minimum Gasteiger partial charge on any atom is -0.457 e. The van der Waals surface area contributed by atoms with Crippen LogP contribution in [-0.2, 0) is 5.41 Å². The summed E-state index contributed by atoms with van der Waals surface area (Å²) in [5, 5.41) is 0. The van der Waals surface area contributed by atoms with Gasteiger partial charge in [-0.25, -0.2) is 0 Å². The van der Waals surface area contributed by atoms with Gasteiger partial charge < -0.3 is 4.74 Å². The highest BCUT2D eigenvalue weighted by molar-refractivity contribution is 5.73. The molecule has 1 aromatic carbocycles. The average molecular weight is 214 g/mol. The summed E-state index contributed by atoms with van der Waals surface area (Å²) in [6.07, 6.45) is 1.97. The molecule has 84 valence electrons. The molecule has 0 unspecified atom stereocenters. The Kier molecular flexibility index (Phi) is 2.42. The summed E-state index contributed by atoms with van der Waals surface area (Å²) in [4.78, 5) is 0. The summed E-state index contributed by atoms with van der Waals surface area (Å²) in [5.74, 6) is 1.65. The van der Waals surface area contributed by atoms with Crippen LogP contribution in [0.1, 0.15) is 38.8 Å². The van der Waals surface area contributed by atoms with Crippen molar-refractivity contribution in [1.82, 2.24) is 0 Å². The molecule has 0 spiro atoms. The molecule has 1 nitrogen and oxygen atoms in total. The van der Waals surface area contributed by atoms with Crippen LogP contribution in [0.4, 0.5) is 0 Å². The molecule has 0 aliphatic carbocycles. The molecule has 1 aliphatic rings. The van der Waals surface area contributed by atoms with Crippen molar-refractivity contribution in [3.05, 3.63) is 47.7 Å². The smallest absolute Gasteiger partial charge is 0.135 e. The maximum atomic E-state index is 5.67. The monoisotopic (exact) mass is 214 g/mol. The molecule has 1 heteroatoms. The van der Waals surface area contributed by atoms with Crippen molar-refractivity contribution in [3.8, 4) is 5.75 Å². The summed E-state index contributed by atoms with van der Waals surface area (Å²) in [7, 11) is 0. The van der Waals surface area contributed by atoms with Gasteiger partial charge in [-0.15, -0.1) is 0 Å². The first-order valence-corrected chi connectivity index (χ1v) is 5.58. The van der Waals surface area contributed by atoms with Crippen LogP contribution in [0.5, 0.6) is 5.75 Å². The first kappa shape index (κ1) is 11.0. The molecular formula is C15H18O. The van der Waals surface area contributed by atoms with Crippen LogP contribution in [0.25, 0.3) is 5.57 Å². The predicted molar refractivity (Wildman–Crippen MR) is 68.6 cm³/mol. The van der Waals surface area contributed by atoms with Crippen LogP contribution < -0.4 is 4.74 Å². The lowest BCUT2D eigenvalue weighted by Crippen LogP contribution is -2.12. The molecule has 0 N–H and O–H groups in total. The fraction of sp³-hybridized carbons (Fsp3) is 0.333. The molecule has 0 fully saturated rings. The lowest BCUT2D eigenvalue weighted by Gasteiger charge is -2.23. The first-order valence-electron chi connectivity index (χ1n) is 5.58. The second-order valence-electron chi connectivity index (χ2n) is 5.36. The van der Waals surface area contributed by atoms with Crippen LogP contribution in [0.3, 0.4) is 0 Å². The van der Waals surface area contributed by atoms with Crippen molar-refractivity contribution in [3.63, 3.8) is 0 Å². The van der Waals surface area contributed by atoms with Crippen molar-refractivity contribution in [2.24, 2.45) is 0 Å². The van der Waals surface area contributed by atoms with Crippen molar-refractivity contribution in [2.75, 3.05) is 0 Å². The Morgan fingerprint density at radius 3 is 2.50 bits per heavy atom. The molecule has 0 amide bonds. The molecule has 0 aromatic heterocycles. The summed E-state index contributed by atoms with van der Waals surface area (Å²) < 4.78 is 5.67. The van der Waals surface area contributed by atoms with Crippen molar-refractivity contribution < 1.29 is 4.74 Å². The van der Waals surface area contributed by atoms with Crippen LogP contribution in [-0.4, -0.2) is 0 Å². The van der Waals surface area contributed by atoms with Gasteiger partial charge in [0.05, 0.1) is 0 Å². The van der Waals surface area contributed by atoms with E-state index in [-0.39, 0.29) is 5.41 Å². The molecule has 0 atom stereocenters. The quantitative estimate of drug-likeness (QED) is 0.626. The number of hydrogen-bond donors (Lipinski definition) is 0. The minimum absolute atomic E-state index is 0.148. The van der Waals surface area contributed by atoms with E-state index in [1.807, 2.05) is 6.08 Å². The zero-order chi connectivity index (χ0) is 11.9. The third-order valence-corrected chi connectivity index (χ3v) is 2.89. The van der Waals surface area contributed by atoms with E-state index in [2.05, 4.69) is 52.5 Å². The van der Waals surface area contributed by atoms with Gasteiger partial charge in [0.1, 0.15) is 11.5 Å². The Hall–Kier alpha value is -1.50. The number of ether oxygens (including phenoxy) is 1. The zero-order valence-corrected chi connectivity index (χ0v) is 10.4. The van der Waals surface area contributed by atoms with E-state index >= 15 is 0 Å². The van der Waals surface area contributed by atoms with E-state index < -0.39 is 0 Å². The third kappa shape index (κ3) is 1.90. The Labute approximate surface area is 97.4 Å². The lowest BCUT2D eigenvalue weighted by molar-refractivity contribution is 0.438. The van der Waals surface area contributed by atoms with Crippen LogP contribution in [0, 0.1) is 0 Å². The standard InChI is InChI=1S/C15H18O/c1-10-8-11(2)16-14-9-12(15(3,4)5)6-7-13(10)14/h6-9H,2H2,1,3-5H3. The molecule has 1 aliphatic heterocycles. The lowest BCUT2D eigenvalue weighted by atomic mass is 9.85. The number of allylic oxidation sites excluding steroid dienone is 2. The number of benzene rings is 1. The molecule has 0 radical (unpaired) electrons. The number of fused-ring (bicyclic) bond motifs is 1. The molecular weight excluding hydrogens is 196 g/mol. The van der Waals surface area contributed by atoms with E-state index in [0.717, 1.165) is 11.5 Å². The largest absolute Gasteiger partial charge is 0.457 e. The summed E-state index contributed by atoms with van der Waals surface area (Å²) in [6, 6.07) is 6.43. The van der Waals surface area contributed by atoms with Gasteiger partial charge in [0, 0.05) is 5.56 Å². The maximum Gasteiger partial charge on any atom is 0.135 e. The fourth-order valence-electron chi connectivity index (χ4n) is 1.89. The highest BCUT2D eigenvalue weighted by Gasteiger charge is 2.18. The highest BCUT2D eigenvalue weighted by Crippen LogP contribution is 2.36. The van der Waals surface area contributed by atoms with E-state index in [9.17, 15) is 0 Å². The van der Waals surface area contributed by atoms with Crippen molar-refractivity contribution >= 4 is 5.57 Å². The van der Waals surface area contributed by atoms with E-state index in [0.29, 0.717) is 0 Å². The molecule has 2 rings (SSSR count). The van der Waals surface area contributed by atoms with Gasteiger partial charge in [0.15, 0.2) is 0 Å². The Morgan fingerprint density at radius 1 is 1.19 bits per heavy atom. The summed E-state index contributed by atoms with van der Waals surface area (Å²) in [5.41, 5.74) is 3.82. The van der Waals surface area contributed by atoms with Gasteiger partial charge in [0.2, 0.25) is 0 Å². The van der Waals surface area contributed by atoms with Gasteiger partial charge in [0.25, 0.3) is 0 Å². The molecule has 1 heterocycles. The molecule has 0 saturated carbocycles. The SMILES string of the molecule is C=C1C=C(C)c2ccc(C(C)(C)C)cc2O1. The van der Waals surface area contributed by atoms with Crippen molar-refractivity contribution in [2.45, 2.75) is 33.1 Å². The van der Waals surface area contributed by atoms with Crippen LogP contribution >= 0.6 is 0 Å². The number of rotatable bonds is 0. The van der Waals surface area contributed by atoms with Gasteiger partial charge in [-0.2, -0.15) is 0 Å². The van der Waals surface area contributed by atoms with Gasteiger partial charge in [-0.3, -0.25) is 0 Å². The second kappa shape index (κ2) is 3.51. The van der Waals surface area contributed by atoms with Gasteiger partial charge in [-0.1, -0.05) is 39.5 Å². The molecule has 0 saturated heterocycles. The van der Waals surface area contributed by atoms with E-state index in [1.165, 1.54) is 16.7 Å². The van der Waals surface area contributed by atoms with Crippen molar-refractivity contribution in [1.29, 1.82) is 0 Å². The Morgan fingerprint density at radius 2 is 1.88 bits per heavy atom. The Balaban J connectivity index is 2.53. The Bertz CT molecular complexity index is 473. The maximum absolute atomic E-state index is 5.67. The highest BCUT2D eigenvalue weighted by atomic mass is 16.5. The van der Waals surface area contributed by atoms with E-state index in [1.54, 1.807) is 0 Å². The van der Waals surface area contributed by atoms with Crippen LogP contribution in [0.2, 0.25) is 0 Å². The predicted octanol–water partition coefficient (Wildman–Crippen LogP) is 4.29. The molecule has 16 heavy (non-hydrogen) atoms. The fourth-order valence-corrected chi connectivity index (χ4v) is 1.89. The number of hydrogen-bond acceptors (Lipinski definition) is 1. The molecule has 0 bridgehead atoms. The first-order chi connectivity index (χ1) is 7.38. The van der Waals surface area contributed by atoms with Crippen LogP contribution in [0.15, 0.2) is 36.6 Å². The summed E-state index contributed by atoms with van der Waals surface area (Å²) in [6.45, 7) is 12.6. The second-order valence-corrected chi connectivity index (χ2v) is 5.36. The normalized spacial score (nSPS) is 15.2. The molecule has 1 aromatic rings. The van der Waals surface area contributed by atoms with Gasteiger partial charge in [-0.05, 0) is 35.6 Å². The third-order valence-electron chi connectivity index (χ3n) is 2.89. The summed E-state index contributed by atoms with van der Waals surface area (Å²) >= 11 is 0. The topological polar surface area (TPSA) is 9.23 Å². The zero-order valence-electron chi connectivity index (χ0n) is 10.4.